The Morgan fingerprint density at radius 3 is 2.52 bits per heavy atom. The van der Waals surface area contributed by atoms with Crippen LogP contribution in [0.2, 0.25) is 5.02 Å². The van der Waals surface area contributed by atoms with Crippen molar-refractivity contribution in [1.29, 1.82) is 0 Å². The Kier molecular flexibility index (Phi) is 5.30. The van der Waals surface area contributed by atoms with Gasteiger partial charge in [0.05, 0.1) is 15.5 Å². The molecule has 0 aliphatic heterocycles. The molecule has 2 aromatic rings. The van der Waals surface area contributed by atoms with Gasteiger partial charge in [-0.05, 0) is 40.7 Å². The lowest BCUT2D eigenvalue weighted by atomic mass is 9.97. The first-order chi connectivity index (χ1) is 9.95. The van der Waals surface area contributed by atoms with Gasteiger partial charge in [-0.3, -0.25) is 0 Å². The predicted octanol–water partition coefficient (Wildman–Crippen LogP) is 5.22. The maximum absolute atomic E-state index is 14.2. The summed E-state index contributed by atoms with van der Waals surface area (Å²) in [5.74, 6) is -1.89. The van der Waals surface area contributed by atoms with Crippen LogP contribution in [0.3, 0.4) is 0 Å². The van der Waals surface area contributed by atoms with Gasteiger partial charge in [0.15, 0.2) is 0 Å². The molecular formula is C15H12BrClF3N. The fourth-order valence-corrected chi connectivity index (χ4v) is 2.59. The van der Waals surface area contributed by atoms with Gasteiger partial charge in [-0.1, -0.05) is 30.7 Å². The Morgan fingerprint density at radius 2 is 1.86 bits per heavy atom. The molecule has 0 bridgehead atoms. The highest BCUT2D eigenvalue weighted by molar-refractivity contribution is 9.10. The van der Waals surface area contributed by atoms with Crippen molar-refractivity contribution < 1.29 is 13.2 Å². The number of hydrogen-bond acceptors (Lipinski definition) is 1. The third kappa shape index (κ3) is 3.42. The van der Waals surface area contributed by atoms with Crippen LogP contribution < -0.4 is 5.32 Å². The molecular weight excluding hydrogens is 367 g/mol. The monoisotopic (exact) mass is 377 g/mol. The van der Waals surface area contributed by atoms with E-state index in [2.05, 4.69) is 21.2 Å². The van der Waals surface area contributed by atoms with Crippen molar-refractivity contribution >= 4 is 27.5 Å². The second-order valence-electron chi connectivity index (χ2n) is 4.42. The number of rotatable bonds is 4. The molecule has 21 heavy (non-hydrogen) atoms. The normalized spacial score (nSPS) is 12.5. The van der Waals surface area contributed by atoms with Crippen molar-refractivity contribution in [2.45, 2.75) is 13.0 Å². The first kappa shape index (κ1) is 16.3. The minimum absolute atomic E-state index is 0.0190. The zero-order chi connectivity index (χ0) is 15.6. The molecule has 1 unspecified atom stereocenters. The topological polar surface area (TPSA) is 12.0 Å². The minimum Gasteiger partial charge on any atom is -0.306 e. The second-order valence-corrected chi connectivity index (χ2v) is 5.68. The lowest BCUT2D eigenvalue weighted by Gasteiger charge is -2.21. The van der Waals surface area contributed by atoms with E-state index in [0.717, 1.165) is 12.1 Å². The van der Waals surface area contributed by atoms with Crippen LogP contribution in [0.15, 0.2) is 34.8 Å². The van der Waals surface area contributed by atoms with Gasteiger partial charge in [0.1, 0.15) is 17.5 Å². The van der Waals surface area contributed by atoms with Crippen LogP contribution in [0.4, 0.5) is 13.2 Å². The summed E-state index contributed by atoms with van der Waals surface area (Å²) in [5.41, 5.74) is 0.198. The molecule has 1 nitrogen and oxygen atoms in total. The first-order valence-corrected chi connectivity index (χ1v) is 7.44. The summed E-state index contributed by atoms with van der Waals surface area (Å²) in [6.07, 6.45) is 0. The Labute approximate surface area is 134 Å². The van der Waals surface area contributed by atoms with E-state index < -0.39 is 23.5 Å². The van der Waals surface area contributed by atoms with Crippen molar-refractivity contribution in [3.8, 4) is 0 Å². The van der Waals surface area contributed by atoms with Crippen LogP contribution in [0.5, 0.6) is 0 Å². The van der Waals surface area contributed by atoms with E-state index in [-0.39, 0.29) is 20.6 Å². The lowest BCUT2D eigenvalue weighted by Crippen LogP contribution is -2.24. The Balaban J connectivity index is 2.59. The Hall–Kier alpha value is -1.04. The summed E-state index contributed by atoms with van der Waals surface area (Å²) >= 11 is 8.68. The van der Waals surface area contributed by atoms with Crippen LogP contribution in [-0.2, 0) is 0 Å². The number of nitrogens with one attached hydrogen (secondary N) is 1. The number of benzene rings is 2. The molecule has 0 heterocycles. The van der Waals surface area contributed by atoms with E-state index in [0.29, 0.717) is 6.54 Å². The fraction of sp³-hybridized carbons (Fsp3) is 0.200. The molecule has 112 valence electrons. The van der Waals surface area contributed by atoms with Crippen LogP contribution in [-0.4, -0.2) is 6.54 Å². The van der Waals surface area contributed by atoms with Crippen molar-refractivity contribution in [3.05, 3.63) is 68.4 Å². The van der Waals surface area contributed by atoms with Gasteiger partial charge >= 0.3 is 0 Å². The van der Waals surface area contributed by atoms with E-state index in [4.69, 9.17) is 11.6 Å². The zero-order valence-electron chi connectivity index (χ0n) is 11.1. The van der Waals surface area contributed by atoms with E-state index in [1.54, 1.807) is 13.0 Å². The highest BCUT2D eigenvalue weighted by Crippen LogP contribution is 2.31. The number of halogens is 5. The van der Waals surface area contributed by atoms with Gasteiger partial charge in [0.25, 0.3) is 0 Å². The van der Waals surface area contributed by atoms with Gasteiger partial charge < -0.3 is 5.32 Å². The summed E-state index contributed by atoms with van der Waals surface area (Å²) in [5, 5.41) is 2.89. The average Bonchev–Trinajstić information content (AvgIpc) is 2.44. The molecule has 0 fully saturated rings. The third-order valence-electron chi connectivity index (χ3n) is 3.05. The van der Waals surface area contributed by atoms with Gasteiger partial charge in [-0.25, -0.2) is 13.2 Å². The molecule has 1 atom stereocenters. The van der Waals surface area contributed by atoms with Gasteiger partial charge in [0, 0.05) is 11.1 Å². The molecule has 0 aliphatic carbocycles. The molecule has 0 saturated carbocycles. The summed E-state index contributed by atoms with van der Waals surface area (Å²) in [6.45, 7) is 2.25. The molecule has 0 aromatic heterocycles. The summed E-state index contributed by atoms with van der Waals surface area (Å²) < 4.78 is 42.0. The second kappa shape index (κ2) is 6.81. The molecule has 6 heteroatoms. The van der Waals surface area contributed by atoms with Gasteiger partial charge in [-0.15, -0.1) is 0 Å². The Bertz CT molecular complexity index is 664. The zero-order valence-corrected chi connectivity index (χ0v) is 13.4. The van der Waals surface area contributed by atoms with Crippen molar-refractivity contribution in [1.82, 2.24) is 5.32 Å². The molecule has 2 rings (SSSR count). The smallest absolute Gasteiger partial charge is 0.146 e. The van der Waals surface area contributed by atoms with Crippen LogP contribution >= 0.6 is 27.5 Å². The maximum atomic E-state index is 14.2. The molecule has 0 saturated heterocycles. The third-order valence-corrected chi connectivity index (χ3v) is 3.95. The van der Waals surface area contributed by atoms with Crippen LogP contribution in [0.25, 0.3) is 0 Å². The number of hydrogen-bond donors (Lipinski definition) is 1. The van der Waals surface area contributed by atoms with Crippen molar-refractivity contribution in [2.75, 3.05) is 6.54 Å². The molecule has 1 N–H and O–H groups in total. The predicted molar refractivity (Wildman–Crippen MR) is 81.0 cm³/mol. The quantitative estimate of drug-likeness (QED) is 0.719. The van der Waals surface area contributed by atoms with Crippen LogP contribution in [0, 0.1) is 17.5 Å². The first-order valence-electron chi connectivity index (χ1n) is 6.27. The molecule has 0 amide bonds. The van der Waals surface area contributed by atoms with E-state index >= 15 is 0 Å². The lowest BCUT2D eigenvalue weighted by molar-refractivity contribution is 0.521. The highest BCUT2D eigenvalue weighted by atomic mass is 79.9. The molecule has 0 aliphatic rings. The SMILES string of the molecule is CCNC(c1cc(F)c(Br)cc1F)c1cccc(Cl)c1F. The van der Waals surface area contributed by atoms with Gasteiger partial charge in [0.2, 0.25) is 0 Å². The van der Waals surface area contributed by atoms with E-state index in [1.165, 1.54) is 12.1 Å². The minimum atomic E-state index is -0.823. The van der Waals surface area contributed by atoms with E-state index in [9.17, 15) is 13.2 Å². The van der Waals surface area contributed by atoms with E-state index in [1.807, 2.05) is 0 Å². The van der Waals surface area contributed by atoms with Gasteiger partial charge in [-0.2, -0.15) is 0 Å². The Morgan fingerprint density at radius 1 is 1.14 bits per heavy atom. The molecule has 2 aromatic carbocycles. The summed E-state index contributed by atoms with van der Waals surface area (Å²) in [7, 11) is 0. The largest absolute Gasteiger partial charge is 0.306 e. The average molecular weight is 379 g/mol. The summed E-state index contributed by atoms with van der Waals surface area (Å²) in [6, 6.07) is 5.72. The summed E-state index contributed by atoms with van der Waals surface area (Å²) in [4.78, 5) is 0. The van der Waals surface area contributed by atoms with Crippen molar-refractivity contribution in [2.24, 2.45) is 0 Å². The highest BCUT2D eigenvalue weighted by Gasteiger charge is 2.23. The standard InChI is InChI=1S/C15H12BrClF3N/c1-2-21-15(8-4-3-5-11(17)14(8)20)9-6-13(19)10(16)7-12(9)18/h3-7,15,21H,2H2,1H3. The van der Waals surface area contributed by atoms with Crippen LogP contribution in [0.1, 0.15) is 24.1 Å². The maximum Gasteiger partial charge on any atom is 0.146 e. The molecule has 0 spiro atoms. The van der Waals surface area contributed by atoms with Crippen molar-refractivity contribution in [3.63, 3.8) is 0 Å². The fourth-order valence-electron chi connectivity index (χ4n) is 2.09. The molecule has 0 radical (unpaired) electrons.